The maximum atomic E-state index is 13.7. The van der Waals surface area contributed by atoms with Crippen molar-refractivity contribution in [1.29, 1.82) is 0 Å². The molecular weight excluding hydrogens is 913 g/mol. The second-order valence-electron chi connectivity index (χ2n) is 16.2. The minimum absolute atomic E-state index is 0.0202. The molecule has 0 aliphatic heterocycles. The van der Waals surface area contributed by atoms with Crippen LogP contribution in [0.15, 0.2) is 86.0 Å². The molecular formula is C45H52N14O11. The number of fused-ring (bicyclic) bond motifs is 2. The third kappa shape index (κ3) is 15.1. The fourth-order valence-electron chi connectivity index (χ4n) is 6.54. The quantitative estimate of drug-likeness (QED) is 0.0446. The third-order valence-corrected chi connectivity index (χ3v) is 9.78. The average molecular weight is 965 g/mol. The number of imidazole rings is 2. The molecule has 25 heteroatoms. The van der Waals surface area contributed by atoms with Gasteiger partial charge in [-0.15, -0.1) is 0 Å². The lowest BCUT2D eigenvalue weighted by Gasteiger charge is -2.23. The summed E-state index contributed by atoms with van der Waals surface area (Å²) in [5.74, 6) is -2.86. The Morgan fingerprint density at radius 1 is 0.586 bits per heavy atom. The van der Waals surface area contributed by atoms with Crippen LogP contribution in [0.1, 0.15) is 51.7 Å². The summed E-state index contributed by atoms with van der Waals surface area (Å²) in [5.41, 5.74) is 1.68. The Balaban J connectivity index is 1.09. The molecule has 6 amide bonds. The summed E-state index contributed by atoms with van der Waals surface area (Å²) in [6, 6.07) is 15.6. The van der Waals surface area contributed by atoms with E-state index >= 15 is 0 Å². The Bertz CT molecular complexity index is 2780. The van der Waals surface area contributed by atoms with Gasteiger partial charge in [0.15, 0.2) is 34.0 Å². The van der Waals surface area contributed by atoms with Crippen molar-refractivity contribution in [2.45, 2.75) is 84.5 Å². The van der Waals surface area contributed by atoms with Crippen molar-refractivity contribution in [1.82, 2.24) is 60.3 Å². The molecule has 4 aromatic heterocycles. The van der Waals surface area contributed by atoms with E-state index in [1.807, 2.05) is 48.5 Å². The first-order chi connectivity index (χ1) is 33.6. The topological polar surface area (TPSA) is 316 Å². The van der Waals surface area contributed by atoms with Gasteiger partial charge in [0.25, 0.3) is 0 Å². The van der Waals surface area contributed by atoms with E-state index in [0.717, 1.165) is 11.1 Å². The maximum Gasteiger partial charge on any atom is 0.413 e. The second kappa shape index (κ2) is 24.3. The molecule has 2 atom stereocenters. The second-order valence-corrected chi connectivity index (χ2v) is 16.2. The number of benzene rings is 2. The number of carbonyl (C=O) groups excluding carboxylic acids is 7. The molecule has 4 heterocycles. The maximum absolute atomic E-state index is 13.7. The van der Waals surface area contributed by atoms with Gasteiger partial charge in [-0.3, -0.25) is 29.8 Å². The Hall–Kier alpha value is -8.77. The van der Waals surface area contributed by atoms with Crippen LogP contribution < -0.4 is 31.9 Å². The molecule has 0 saturated carbocycles. The van der Waals surface area contributed by atoms with Crippen LogP contribution >= 0.6 is 0 Å². The number of nitrogens with zero attached hydrogens (tertiary/aromatic N) is 8. The van der Waals surface area contributed by atoms with Crippen molar-refractivity contribution >= 4 is 75.9 Å². The lowest BCUT2D eigenvalue weighted by molar-refractivity contribution is -0.143. The number of amides is 6. The fourth-order valence-corrected chi connectivity index (χ4v) is 6.54. The summed E-state index contributed by atoms with van der Waals surface area (Å²) < 4.78 is 24.1. The van der Waals surface area contributed by atoms with Gasteiger partial charge in [0.05, 0.1) is 25.8 Å². The van der Waals surface area contributed by atoms with E-state index in [4.69, 9.17) is 18.9 Å². The van der Waals surface area contributed by atoms with Crippen LogP contribution in [-0.2, 0) is 64.4 Å². The van der Waals surface area contributed by atoms with Crippen molar-refractivity contribution < 1.29 is 52.5 Å². The van der Waals surface area contributed by atoms with E-state index in [1.54, 1.807) is 49.0 Å². The molecule has 0 saturated heterocycles. The molecule has 2 aromatic carbocycles. The monoisotopic (exact) mass is 964 g/mol. The summed E-state index contributed by atoms with van der Waals surface area (Å²) in [6.07, 6.45) is 2.68. The van der Waals surface area contributed by atoms with Gasteiger partial charge >= 0.3 is 24.2 Å². The highest BCUT2D eigenvalue weighted by Crippen LogP contribution is 2.20. The molecule has 6 aromatic rings. The largest absolute Gasteiger partial charge is 0.465 e. The average Bonchev–Trinajstić information content (AvgIpc) is 3.96. The number of aryl methyl sites for hydroxylation is 2. The molecule has 0 unspecified atom stereocenters. The van der Waals surface area contributed by atoms with Gasteiger partial charge in [-0.25, -0.2) is 44.3 Å². The number of hydrogen-bond acceptors (Lipinski definition) is 17. The summed E-state index contributed by atoms with van der Waals surface area (Å²) in [5, 5.41) is 15.2. The van der Waals surface area contributed by atoms with E-state index in [-0.39, 0.29) is 74.1 Å². The standard InChI is InChI=1S/C45H52N14O11/c1-5-67-33(61)21-47-40(62)30(16-18-58-26-52-34-36(48-24-50-38(34)58)56-42(64)68-22-28-12-8-6-9-13-28)54-32(60)20-46-41(63)31(55-44(66)70-45(2,3)4)17-19-59-27-53-35-37(49-25-51-39(35)59)57-43(65)69-23-29-14-10-7-11-15-29/h6-15,24-27,30-31H,5,16-23H2,1-4H3,(H,46,63)(H,47,62)(H,54,60)(H,55,66)(H,48,50,56,64)(H,49,51,57,65)/t30-,31-/m0/s1. The van der Waals surface area contributed by atoms with Crippen LogP contribution in [0.25, 0.3) is 22.3 Å². The van der Waals surface area contributed by atoms with E-state index in [2.05, 4.69) is 61.8 Å². The van der Waals surface area contributed by atoms with Crippen molar-refractivity contribution in [3.63, 3.8) is 0 Å². The smallest absolute Gasteiger partial charge is 0.413 e. The van der Waals surface area contributed by atoms with E-state index in [1.165, 1.54) is 25.3 Å². The number of aromatic nitrogens is 8. The minimum atomic E-state index is -1.27. The Morgan fingerprint density at radius 2 is 1.06 bits per heavy atom. The van der Waals surface area contributed by atoms with Gasteiger partial charge in [0.1, 0.15) is 50.1 Å². The zero-order chi connectivity index (χ0) is 50.0. The first-order valence-electron chi connectivity index (χ1n) is 21.9. The Morgan fingerprint density at radius 3 is 1.53 bits per heavy atom. The lowest BCUT2D eigenvalue weighted by atomic mass is 10.1. The Labute approximate surface area is 399 Å². The van der Waals surface area contributed by atoms with E-state index < -0.39 is 72.7 Å². The summed E-state index contributed by atoms with van der Waals surface area (Å²) in [4.78, 5) is 116. The minimum Gasteiger partial charge on any atom is -0.465 e. The molecule has 6 N–H and O–H groups in total. The number of alkyl carbamates (subject to hydrolysis) is 1. The van der Waals surface area contributed by atoms with Gasteiger partial charge in [-0.05, 0) is 51.7 Å². The van der Waals surface area contributed by atoms with Gasteiger partial charge in [0.2, 0.25) is 17.7 Å². The number of hydrogen-bond donors (Lipinski definition) is 6. The van der Waals surface area contributed by atoms with Crippen LogP contribution in [0.4, 0.5) is 26.0 Å². The van der Waals surface area contributed by atoms with Crippen molar-refractivity contribution in [2.24, 2.45) is 0 Å². The zero-order valence-electron chi connectivity index (χ0n) is 38.7. The molecule has 0 fully saturated rings. The van der Waals surface area contributed by atoms with Crippen LogP contribution in [0.2, 0.25) is 0 Å². The van der Waals surface area contributed by atoms with Gasteiger partial charge in [-0.2, -0.15) is 0 Å². The number of rotatable bonds is 21. The van der Waals surface area contributed by atoms with Gasteiger partial charge in [0, 0.05) is 13.1 Å². The van der Waals surface area contributed by atoms with Crippen molar-refractivity contribution in [3.05, 3.63) is 97.1 Å². The zero-order valence-corrected chi connectivity index (χ0v) is 38.7. The van der Waals surface area contributed by atoms with E-state index in [9.17, 15) is 33.6 Å². The number of nitrogens with one attached hydrogen (secondary N) is 6. The SMILES string of the molecule is CCOC(=O)CNC(=O)[C@H](CCn1cnc2c(NC(=O)OCc3ccccc3)ncnc21)NC(=O)CNC(=O)[C@H](CCn1cnc2c(NC(=O)OCc3ccccc3)ncnc21)NC(=O)OC(C)(C)C. The first kappa shape index (κ1) is 50.6. The van der Waals surface area contributed by atoms with Crippen molar-refractivity contribution in [3.8, 4) is 0 Å². The Kier molecular flexibility index (Phi) is 17.6. The molecule has 368 valence electrons. The highest BCUT2D eigenvalue weighted by atomic mass is 16.6. The molecule has 0 aliphatic rings. The first-order valence-corrected chi connectivity index (χ1v) is 21.9. The summed E-state index contributed by atoms with van der Waals surface area (Å²) >= 11 is 0. The number of esters is 1. The third-order valence-electron chi connectivity index (χ3n) is 9.78. The summed E-state index contributed by atoms with van der Waals surface area (Å²) in [6.45, 7) is 5.65. The summed E-state index contributed by atoms with van der Waals surface area (Å²) in [7, 11) is 0. The molecule has 0 spiro atoms. The van der Waals surface area contributed by atoms with Crippen LogP contribution in [0, 0.1) is 0 Å². The fraction of sp³-hybridized carbons (Fsp3) is 0.356. The number of ether oxygens (including phenoxy) is 4. The van der Waals surface area contributed by atoms with Crippen LogP contribution in [0.5, 0.6) is 0 Å². The molecule has 6 rings (SSSR count). The highest BCUT2D eigenvalue weighted by molar-refractivity contribution is 5.95. The molecule has 0 radical (unpaired) electrons. The van der Waals surface area contributed by atoms with Crippen molar-refractivity contribution in [2.75, 3.05) is 30.3 Å². The van der Waals surface area contributed by atoms with Gasteiger partial charge < -0.3 is 49.3 Å². The van der Waals surface area contributed by atoms with Crippen LogP contribution in [-0.4, -0.2) is 118 Å². The number of anilines is 2. The van der Waals surface area contributed by atoms with Gasteiger partial charge in [-0.1, -0.05) is 60.7 Å². The molecule has 0 aliphatic carbocycles. The molecule has 70 heavy (non-hydrogen) atoms. The number of carbonyl (C=O) groups is 7. The highest BCUT2D eigenvalue weighted by Gasteiger charge is 2.27. The van der Waals surface area contributed by atoms with E-state index in [0.29, 0.717) is 5.65 Å². The molecule has 0 bridgehead atoms. The lowest BCUT2D eigenvalue weighted by Crippen LogP contribution is -2.53. The predicted octanol–water partition coefficient (Wildman–Crippen LogP) is 3.12. The predicted molar refractivity (Wildman–Crippen MR) is 248 cm³/mol. The van der Waals surface area contributed by atoms with Crippen LogP contribution in [0.3, 0.4) is 0 Å². The molecule has 25 nitrogen and oxygen atoms in total. The normalized spacial score (nSPS) is 11.9.